The summed E-state index contributed by atoms with van der Waals surface area (Å²) in [5, 5.41) is 9.25. The van der Waals surface area contributed by atoms with Crippen LogP contribution in [0.2, 0.25) is 0 Å². The van der Waals surface area contributed by atoms with Crippen LogP contribution in [-0.4, -0.2) is 37.5 Å². The van der Waals surface area contributed by atoms with E-state index in [4.69, 9.17) is 10.3 Å². The third-order valence-corrected chi connectivity index (χ3v) is 5.74. The van der Waals surface area contributed by atoms with Crippen LogP contribution in [-0.2, 0) is 16.8 Å². The maximum Gasteiger partial charge on any atom is 0.271 e. The molecule has 1 saturated carbocycles. The molecule has 1 amide bonds. The normalized spacial score (nSPS) is 14.7. The first-order chi connectivity index (χ1) is 14.0. The summed E-state index contributed by atoms with van der Waals surface area (Å²) in [6.45, 7) is 2.83. The van der Waals surface area contributed by atoms with Crippen molar-refractivity contribution in [3.8, 4) is 11.1 Å². The molecule has 2 aromatic carbocycles. The van der Waals surface area contributed by atoms with Crippen LogP contribution in [0.25, 0.3) is 22.0 Å². The van der Waals surface area contributed by atoms with Gasteiger partial charge in [-0.05, 0) is 48.6 Å². The molecule has 3 aromatic rings. The lowest BCUT2D eigenvalue weighted by atomic mass is 10.0. The molecule has 1 unspecified atom stereocenters. The van der Waals surface area contributed by atoms with Crippen LogP contribution in [0.15, 0.2) is 42.5 Å². The largest absolute Gasteiger partial charge is 0.366 e. The summed E-state index contributed by atoms with van der Waals surface area (Å²) in [4.78, 5) is 14.2. The molecule has 0 spiro atoms. The van der Waals surface area contributed by atoms with Gasteiger partial charge in [-0.1, -0.05) is 30.3 Å². The van der Waals surface area contributed by atoms with Gasteiger partial charge >= 0.3 is 0 Å². The first-order valence-electron chi connectivity index (χ1n) is 9.51. The molecule has 3 N–H and O–H groups in total. The number of fused-ring (bicyclic) bond motifs is 1. The Hall–Kier alpha value is -2.84. The van der Waals surface area contributed by atoms with Crippen molar-refractivity contribution in [3.05, 3.63) is 53.7 Å². The highest BCUT2D eigenvalue weighted by molar-refractivity contribution is 7.78. The summed E-state index contributed by atoms with van der Waals surface area (Å²) in [6, 6.07) is 13.8. The summed E-state index contributed by atoms with van der Waals surface area (Å²) in [5.41, 5.74) is 9.97. The van der Waals surface area contributed by atoms with Crippen molar-refractivity contribution >= 4 is 33.6 Å². The monoisotopic (exact) mass is 410 g/mol. The molecule has 4 rings (SSSR count). The number of aromatic nitrogens is 2. The molecular formula is C21H22N4O3S. The molecule has 7 nitrogen and oxygen atoms in total. The summed E-state index contributed by atoms with van der Waals surface area (Å²) in [6.07, 6.45) is 2.19. The number of hydrogen-bond acceptors (Lipinski definition) is 5. The molecule has 1 aromatic heterocycles. The Labute approximate surface area is 171 Å². The van der Waals surface area contributed by atoms with Gasteiger partial charge in [0.25, 0.3) is 5.91 Å². The second-order valence-corrected chi connectivity index (χ2v) is 8.10. The number of hydrogen-bond donors (Lipinski definition) is 2. The molecule has 1 aliphatic rings. The number of carbonyl (C=O) groups excluding carboxylic acids is 1. The van der Waals surface area contributed by atoms with Gasteiger partial charge in [-0.25, -0.2) is 4.21 Å². The average molecular weight is 410 g/mol. The van der Waals surface area contributed by atoms with Crippen LogP contribution in [0.5, 0.6) is 0 Å². The number of carbonyl (C=O) groups is 1. The highest BCUT2D eigenvalue weighted by Gasteiger charge is 2.32. The van der Waals surface area contributed by atoms with Gasteiger partial charge in [0.1, 0.15) is 0 Å². The maximum atomic E-state index is 12.0. The van der Waals surface area contributed by atoms with E-state index in [1.165, 1.54) is 0 Å². The predicted molar refractivity (Wildman–Crippen MR) is 114 cm³/mol. The van der Waals surface area contributed by atoms with Crippen LogP contribution >= 0.6 is 0 Å². The first kappa shape index (κ1) is 19.5. The van der Waals surface area contributed by atoms with Gasteiger partial charge < -0.3 is 15.2 Å². The molecule has 1 fully saturated rings. The molecule has 0 saturated heterocycles. The van der Waals surface area contributed by atoms with Crippen molar-refractivity contribution in [1.82, 2.24) is 10.2 Å². The van der Waals surface area contributed by atoms with Crippen molar-refractivity contribution in [3.63, 3.8) is 0 Å². The van der Waals surface area contributed by atoms with E-state index < -0.39 is 17.0 Å². The zero-order chi connectivity index (χ0) is 20.5. The Morgan fingerprint density at radius 3 is 2.45 bits per heavy atom. The second-order valence-electron chi connectivity index (χ2n) is 7.17. The van der Waals surface area contributed by atoms with Crippen LogP contribution in [0, 0.1) is 0 Å². The van der Waals surface area contributed by atoms with Gasteiger partial charge in [0.05, 0.1) is 17.0 Å². The fraction of sp³-hybridized carbons (Fsp3) is 0.286. The number of primary amides is 1. The highest BCUT2D eigenvalue weighted by Crippen LogP contribution is 2.37. The lowest BCUT2D eigenvalue weighted by Gasteiger charge is -2.25. The molecular weight excluding hydrogens is 388 g/mol. The number of rotatable bonds is 7. The molecule has 29 heavy (non-hydrogen) atoms. The van der Waals surface area contributed by atoms with Gasteiger partial charge in [-0.15, -0.1) is 10.2 Å². The third-order valence-electron chi connectivity index (χ3n) is 5.16. The van der Waals surface area contributed by atoms with E-state index in [0.29, 0.717) is 11.6 Å². The second kappa shape index (κ2) is 7.88. The highest BCUT2D eigenvalue weighted by atomic mass is 32.2. The van der Waals surface area contributed by atoms with Crippen LogP contribution < -0.4 is 10.6 Å². The average Bonchev–Trinajstić information content (AvgIpc) is 3.53. The predicted octanol–water partition coefficient (Wildman–Crippen LogP) is 3.11. The van der Waals surface area contributed by atoms with Crippen molar-refractivity contribution in [1.29, 1.82) is 0 Å². The quantitative estimate of drug-likeness (QED) is 0.579. The maximum absolute atomic E-state index is 12.0. The number of benzene rings is 2. The third kappa shape index (κ3) is 3.99. The number of anilines is 1. The van der Waals surface area contributed by atoms with Gasteiger partial charge in [-0.2, -0.15) is 0 Å². The fourth-order valence-electron chi connectivity index (χ4n) is 3.65. The van der Waals surface area contributed by atoms with E-state index in [0.717, 1.165) is 47.2 Å². The van der Waals surface area contributed by atoms with Gasteiger partial charge in [-0.3, -0.25) is 4.79 Å². The molecule has 1 aliphatic carbocycles. The Balaban J connectivity index is 1.77. The van der Waals surface area contributed by atoms with Gasteiger partial charge in [0, 0.05) is 18.0 Å². The summed E-state index contributed by atoms with van der Waals surface area (Å²) in [5.74, 6) is -0.467. The van der Waals surface area contributed by atoms with Crippen molar-refractivity contribution < 1.29 is 13.6 Å². The molecule has 0 radical (unpaired) electrons. The minimum absolute atomic E-state index is 0.108. The van der Waals surface area contributed by atoms with Gasteiger partial charge in [0.15, 0.2) is 16.8 Å². The van der Waals surface area contributed by atoms with Gasteiger partial charge in [0.2, 0.25) is 0 Å². The number of nitrogens with zero attached hydrogens (tertiary/aromatic N) is 3. The van der Waals surface area contributed by atoms with E-state index in [2.05, 4.69) is 22.0 Å². The first-order valence-corrected chi connectivity index (χ1v) is 10.8. The lowest BCUT2D eigenvalue weighted by Crippen LogP contribution is -2.29. The summed E-state index contributed by atoms with van der Waals surface area (Å²) in [7, 11) is 0. The standard InChI is InChI=1S/C21H22N4O3S/c1-2-25(16-8-9-16)20-17-10-7-15(11-18(17)23-24-19(20)21(22)26)14-5-3-13(4-6-14)12-29(27)28/h3-7,10-11,16H,2,8-9,12H2,1H3,(H2,22,26)(H,27,28). The smallest absolute Gasteiger partial charge is 0.271 e. The van der Waals surface area contributed by atoms with Crippen LogP contribution in [0.1, 0.15) is 35.8 Å². The summed E-state index contributed by atoms with van der Waals surface area (Å²) >= 11 is -1.86. The minimum Gasteiger partial charge on any atom is -0.366 e. The topological polar surface area (TPSA) is 109 Å². The Morgan fingerprint density at radius 1 is 1.17 bits per heavy atom. The van der Waals surface area contributed by atoms with Crippen molar-refractivity contribution in [2.75, 3.05) is 11.4 Å². The van der Waals surface area contributed by atoms with Crippen molar-refractivity contribution in [2.45, 2.75) is 31.6 Å². The molecule has 1 heterocycles. The van der Waals surface area contributed by atoms with E-state index in [1.54, 1.807) is 0 Å². The Morgan fingerprint density at radius 2 is 1.86 bits per heavy atom. The van der Waals surface area contributed by atoms with E-state index in [1.807, 2.05) is 42.5 Å². The fourth-order valence-corrected chi connectivity index (χ4v) is 4.13. The van der Waals surface area contributed by atoms with Crippen molar-refractivity contribution in [2.24, 2.45) is 5.73 Å². The minimum atomic E-state index is -1.86. The summed E-state index contributed by atoms with van der Waals surface area (Å²) < 4.78 is 20.0. The molecule has 1 atom stereocenters. The molecule has 0 aliphatic heterocycles. The van der Waals surface area contributed by atoms with E-state index in [9.17, 15) is 9.00 Å². The lowest BCUT2D eigenvalue weighted by molar-refractivity contribution is 0.0995. The SMILES string of the molecule is CCN(c1c(C(N)=O)nnc2cc(-c3ccc(CS(=O)O)cc3)ccc12)C1CC1. The molecule has 0 bridgehead atoms. The number of amides is 1. The Bertz CT molecular complexity index is 1100. The Kier molecular flexibility index (Phi) is 5.29. The number of nitrogens with two attached hydrogens (primary N) is 1. The molecule has 150 valence electrons. The zero-order valence-electron chi connectivity index (χ0n) is 16.0. The van der Waals surface area contributed by atoms with Crippen LogP contribution in [0.4, 0.5) is 5.69 Å². The van der Waals surface area contributed by atoms with E-state index in [-0.39, 0.29) is 11.4 Å². The zero-order valence-corrected chi connectivity index (χ0v) is 16.9. The van der Waals surface area contributed by atoms with E-state index >= 15 is 0 Å². The van der Waals surface area contributed by atoms with Crippen LogP contribution in [0.3, 0.4) is 0 Å². The molecule has 8 heteroatoms.